The molecule has 0 unspecified atom stereocenters. The molecule has 7 nitrogen and oxygen atoms in total. The fraction of sp³-hybridized carbons (Fsp3) is 0.350. The summed E-state index contributed by atoms with van der Waals surface area (Å²) >= 11 is 12.0. The monoisotopic (exact) mass is 435 g/mol. The van der Waals surface area contributed by atoms with E-state index in [-0.39, 0.29) is 12.6 Å². The number of hydrogen-bond acceptors (Lipinski definition) is 4. The molecule has 0 N–H and O–H groups in total. The smallest absolute Gasteiger partial charge is 0.274 e. The summed E-state index contributed by atoms with van der Waals surface area (Å²) in [5, 5.41) is 9.77. The Bertz CT molecular complexity index is 1030. The molecule has 0 saturated heterocycles. The molecule has 3 rings (SSSR count). The SMILES string of the molecule is CCn1nc(C)c(CN(C)C(=O)c2ccn(COc3ccc(Cl)cc3Cl)n2)c1C. The summed E-state index contributed by atoms with van der Waals surface area (Å²) in [6.07, 6.45) is 1.69. The predicted molar refractivity (Wildman–Crippen MR) is 112 cm³/mol. The number of carbonyl (C=O) groups excluding carboxylic acids is 1. The summed E-state index contributed by atoms with van der Waals surface area (Å²) in [4.78, 5) is 14.4. The van der Waals surface area contributed by atoms with E-state index in [0.717, 1.165) is 23.5 Å². The minimum Gasteiger partial charge on any atom is -0.470 e. The van der Waals surface area contributed by atoms with Crippen LogP contribution in [0.5, 0.6) is 5.75 Å². The first-order chi connectivity index (χ1) is 13.8. The quantitative estimate of drug-likeness (QED) is 0.553. The first-order valence-electron chi connectivity index (χ1n) is 9.19. The number of aryl methyl sites for hydroxylation is 2. The Balaban J connectivity index is 1.65. The molecule has 0 fully saturated rings. The zero-order valence-electron chi connectivity index (χ0n) is 16.8. The second-order valence-corrected chi connectivity index (χ2v) is 7.56. The second kappa shape index (κ2) is 8.88. The maximum Gasteiger partial charge on any atom is 0.274 e. The zero-order valence-corrected chi connectivity index (χ0v) is 18.3. The van der Waals surface area contributed by atoms with Gasteiger partial charge in [-0.25, -0.2) is 4.68 Å². The largest absolute Gasteiger partial charge is 0.470 e. The normalized spacial score (nSPS) is 11.0. The Morgan fingerprint density at radius 3 is 2.62 bits per heavy atom. The summed E-state index contributed by atoms with van der Waals surface area (Å²) in [5.41, 5.74) is 3.41. The summed E-state index contributed by atoms with van der Waals surface area (Å²) in [5.74, 6) is 0.326. The minimum absolute atomic E-state index is 0.125. The number of halogens is 2. The van der Waals surface area contributed by atoms with Crippen molar-refractivity contribution in [3.05, 3.63) is 63.2 Å². The van der Waals surface area contributed by atoms with E-state index in [1.807, 2.05) is 25.5 Å². The van der Waals surface area contributed by atoms with E-state index < -0.39 is 0 Å². The fourth-order valence-corrected chi connectivity index (χ4v) is 3.51. The van der Waals surface area contributed by atoms with Gasteiger partial charge < -0.3 is 9.64 Å². The standard InChI is InChI=1S/C20H23Cl2N5O2/c1-5-27-14(3)16(13(2)23-27)11-25(4)20(28)18-8-9-26(24-18)12-29-19-7-6-15(21)10-17(19)22/h6-10H,5,11-12H2,1-4H3. The van der Waals surface area contributed by atoms with E-state index in [2.05, 4.69) is 10.2 Å². The molecule has 0 atom stereocenters. The molecule has 0 saturated carbocycles. The highest BCUT2D eigenvalue weighted by molar-refractivity contribution is 6.35. The van der Waals surface area contributed by atoms with Crippen molar-refractivity contribution in [2.75, 3.05) is 7.05 Å². The lowest BCUT2D eigenvalue weighted by molar-refractivity contribution is 0.0776. The van der Waals surface area contributed by atoms with Gasteiger partial charge in [-0.05, 0) is 45.0 Å². The molecule has 0 radical (unpaired) electrons. The van der Waals surface area contributed by atoms with Crippen LogP contribution in [0, 0.1) is 13.8 Å². The molecular weight excluding hydrogens is 413 g/mol. The van der Waals surface area contributed by atoms with Gasteiger partial charge in [-0.15, -0.1) is 0 Å². The van der Waals surface area contributed by atoms with Gasteiger partial charge in [0.1, 0.15) is 5.75 Å². The lowest BCUT2D eigenvalue weighted by Crippen LogP contribution is -2.27. The van der Waals surface area contributed by atoms with Crippen molar-refractivity contribution >= 4 is 29.1 Å². The van der Waals surface area contributed by atoms with Gasteiger partial charge >= 0.3 is 0 Å². The van der Waals surface area contributed by atoms with E-state index in [4.69, 9.17) is 27.9 Å². The van der Waals surface area contributed by atoms with Crippen molar-refractivity contribution in [2.24, 2.45) is 0 Å². The molecule has 29 heavy (non-hydrogen) atoms. The van der Waals surface area contributed by atoms with E-state index in [1.165, 1.54) is 4.68 Å². The Kier molecular flexibility index (Phi) is 6.49. The van der Waals surface area contributed by atoms with E-state index >= 15 is 0 Å². The highest BCUT2D eigenvalue weighted by atomic mass is 35.5. The molecule has 2 aromatic heterocycles. The van der Waals surface area contributed by atoms with Gasteiger partial charge in [0.15, 0.2) is 12.4 Å². The van der Waals surface area contributed by atoms with Crippen LogP contribution >= 0.6 is 23.2 Å². The van der Waals surface area contributed by atoms with Crippen LogP contribution in [-0.4, -0.2) is 37.4 Å². The van der Waals surface area contributed by atoms with E-state index in [1.54, 1.807) is 42.4 Å². The van der Waals surface area contributed by atoms with Gasteiger partial charge in [0, 0.05) is 42.6 Å². The molecule has 0 aliphatic heterocycles. The summed E-state index contributed by atoms with van der Waals surface area (Å²) in [6, 6.07) is 6.66. The van der Waals surface area contributed by atoms with Crippen molar-refractivity contribution in [3.63, 3.8) is 0 Å². The molecule has 0 aliphatic carbocycles. The van der Waals surface area contributed by atoms with Gasteiger partial charge in [-0.3, -0.25) is 9.48 Å². The summed E-state index contributed by atoms with van der Waals surface area (Å²) < 4.78 is 9.13. The van der Waals surface area contributed by atoms with Crippen LogP contribution in [0.3, 0.4) is 0 Å². The van der Waals surface area contributed by atoms with E-state index in [9.17, 15) is 4.79 Å². The summed E-state index contributed by atoms with van der Waals surface area (Å²) in [7, 11) is 1.76. The first kappa shape index (κ1) is 21.2. The number of hydrogen-bond donors (Lipinski definition) is 0. The van der Waals surface area contributed by atoms with Crippen molar-refractivity contribution in [1.29, 1.82) is 0 Å². The third kappa shape index (κ3) is 4.74. The van der Waals surface area contributed by atoms with Gasteiger partial charge in [0.05, 0.1) is 10.7 Å². The Morgan fingerprint density at radius 2 is 1.97 bits per heavy atom. The van der Waals surface area contributed by atoms with Gasteiger partial charge in [-0.2, -0.15) is 10.2 Å². The lowest BCUT2D eigenvalue weighted by atomic mass is 10.2. The Hall–Kier alpha value is -2.51. The Labute approximate surface area is 179 Å². The number of ether oxygens (including phenoxy) is 1. The number of aromatic nitrogens is 4. The molecule has 0 bridgehead atoms. The van der Waals surface area contributed by atoms with Crippen LogP contribution in [0.4, 0.5) is 0 Å². The third-order valence-electron chi connectivity index (χ3n) is 4.68. The fourth-order valence-electron chi connectivity index (χ4n) is 3.05. The predicted octanol–water partition coefficient (Wildman–Crippen LogP) is 4.33. The highest BCUT2D eigenvalue weighted by Gasteiger charge is 2.19. The van der Waals surface area contributed by atoms with E-state index in [0.29, 0.717) is 28.0 Å². The first-order valence-corrected chi connectivity index (χ1v) is 9.95. The Morgan fingerprint density at radius 1 is 1.21 bits per heavy atom. The van der Waals surface area contributed by atoms with Crippen molar-refractivity contribution in [3.8, 4) is 5.75 Å². The number of carbonyl (C=O) groups is 1. The molecule has 9 heteroatoms. The van der Waals surface area contributed by atoms with Crippen molar-refractivity contribution in [1.82, 2.24) is 24.5 Å². The summed E-state index contributed by atoms with van der Waals surface area (Å²) in [6.45, 7) is 7.42. The van der Waals surface area contributed by atoms with Crippen molar-refractivity contribution in [2.45, 2.75) is 40.6 Å². The highest BCUT2D eigenvalue weighted by Crippen LogP contribution is 2.27. The van der Waals surface area contributed by atoms with Crippen LogP contribution in [-0.2, 0) is 19.8 Å². The third-order valence-corrected chi connectivity index (χ3v) is 5.21. The van der Waals surface area contributed by atoms with Gasteiger partial charge in [0.25, 0.3) is 5.91 Å². The number of amides is 1. The number of rotatable bonds is 7. The molecule has 1 amide bonds. The van der Waals surface area contributed by atoms with Gasteiger partial charge in [-0.1, -0.05) is 23.2 Å². The second-order valence-electron chi connectivity index (χ2n) is 6.71. The number of benzene rings is 1. The molecule has 1 aromatic carbocycles. The molecule has 154 valence electrons. The van der Waals surface area contributed by atoms with Crippen LogP contribution in [0.1, 0.15) is 34.4 Å². The average molecular weight is 436 g/mol. The molecule has 0 spiro atoms. The zero-order chi connectivity index (χ0) is 21.1. The maximum atomic E-state index is 12.8. The molecule has 2 heterocycles. The number of nitrogens with zero attached hydrogens (tertiary/aromatic N) is 5. The lowest BCUT2D eigenvalue weighted by Gasteiger charge is -2.16. The van der Waals surface area contributed by atoms with Crippen LogP contribution in [0.25, 0.3) is 0 Å². The van der Waals surface area contributed by atoms with Gasteiger partial charge in [0.2, 0.25) is 0 Å². The molecule has 0 aliphatic rings. The van der Waals surface area contributed by atoms with Crippen LogP contribution in [0.15, 0.2) is 30.5 Å². The molecular formula is C20H23Cl2N5O2. The van der Waals surface area contributed by atoms with Crippen molar-refractivity contribution < 1.29 is 9.53 Å². The topological polar surface area (TPSA) is 65.2 Å². The van der Waals surface area contributed by atoms with Crippen LogP contribution in [0.2, 0.25) is 10.0 Å². The maximum absolute atomic E-state index is 12.8. The average Bonchev–Trinajstić information content (AvgIpc) is 3.26. The minimum atomic E-state index is -0.170. The molecule has 3 aromatic rings. The van der Waals surface area contributed by atoms with Crippen LogP contribution < -0.4 is 4.74 Å².